The molecule has 12 aromatic carbocycles. The van der Waals surface area contributed by atoms with E-state index in [0.717, 1.165) is 71.2 Å². The highest BCUT2D eigenvalue weighted by Gasteiger charge is 2.25. The molecule has 6 heteroatoms. The van der Waals surface area contributed by atoms with E-state index in [1.54, 1.807) is 0 Å². The molecule has 0 bridgehead atoms. The van der Waals surface area contributed by atoms with Crippen molar-refractivity contribution in [2.75, 3.05) is 0 Å². The summed E-state index contributed by atoms with van der Waals surface area (Å²) in [6.45, 7) is 44.3. The molecule has 3 fully saturated rings. The number of rotatable bonds is 12. The maximum absolute atomic E-state index is 4.79. The maximum atomic E-state index is 4.79. The third kappa shape index (κ3) is 24.4. The minimum Gasteiger partial charge on any atom is -0.256 e. The standard InChI is InChI=1S/C23H25N.C23H27N.C22H23N.C22H25N.C21H21N.C20H21N/c1-15-10-16(2)12-20(11-15)23-21-9-8-19(18-6-4-5-7-18)13-22(21)17(3)14-24-23;1-15-9-16(2)11-19(10-15)22-20-8-7-18(13-23(4,5)6)12-21(20)17(3)14-24-22;1-15-6-5-9-19(12-15)22-20-11-10-18(17-7-3-4-8-17)13-21(20)16(2)14-23-22;1-15-7-6-8-18(11-15)21-19-10-9-17(13-22(3,4)5)12-20(19)16(2)14-23-21;1-15-14-22-21(17-9-3-2-4-10-17)19-12-11-18(13-20(15)19)16-7-5-6-8-16;1-20(2,3)14-15-9-10-18-17(13-15)11-12-21-19(18)16-7-5-4-6-8-16/h8-14,18H,4-7H2,1-3H3;7-12,14H,13H2,1-6H3;5-6,9-14,17H,3-4,7-8H2,1-2H3;6-12,14H,13H2,1-5H3;2-4,9-14,16H,5-8H2,1H3;4-13H,14H2,1-3H3. The van der Waals surface area contributed by atoms with E-state index < -0.39 is 0 Å². The second kappa shape index (κ2) is 42.8. The highest BCUT2D eigenvalue weighted by Crippen LogP contribution is 2.44. The molecule has 0 unspecified atom stereocenters. The van der Waals surface area contributed by atoms with Crippen LogP contribution in [0.2, 0.25) is 0 Å². The van der Waals surface area contributed by atoms with Crippen LogP contribution in [-0.2, 0) is 19.3 Å². The number of aryl methyl sites for hydroxylation is 11. The first kappa shape index (κ1) is 97.2. The summed E-state index contributed by atoms with van der Waals surface area (Å²) in [5.74, 6) is 2.28. The molecule has 0 radical (unpaired) electrons. The van der Waals surface area contributed by atoms with Crippen molar-refractivity contribution in [1.82, 2.24) is 29.9 Å². The second-order valence-electron chi connectivity index (χ2n) is 43.7. The molecule has 0 N–H and O–H groups in total. The number of hydrogen-bond donors (Lipinski definition) is 0. The molecule has 137 heavy (non-hydrogen) atoms. The van der Waals surface area contributed by atoms with E-state index in [0.29, 0.717) is 16.2 Å². The molecule has 0 aliphatic heterocycles. The quantitative estimate of drug-likeness (QED) is 0.121. The van der Waals surface area contributed by atoms with Crippen LogP contribution in [-0.4, -0.2) is 29.9 Å². The Kier molecular flexibility index (Phi) is 30.4. The van der Waals surface area contributed by atoms with Gasteiger partial charge in [0.15, 0.2) is 0 Å². The molecule has 0 saturated heterocycles. The lowest BCUT2D eigenvalue weighted by Crippen LogP contribution is -2.09. The molecular weight excluding hydrogens is 1660 g/mol. The fraction of sp³-hybridized carbons (Fsp3) is 0.313. The minimum absolute atomic E-state index is 0.297. The average Bonchev–Trinajstić information content (AvgIpc) is 0.913. The van der Waals surface area contributed by atoms with Crippen LogP contribution in [0.15, 0.2) is 298 Å². The van der Waals surface area contributed by atoms with Crippen LogP contribution in [0, 0.1) is 92.4 Å². The number of fused-ring (bicyclic) bond motifs is 6. The Bertz CT molecular complexity index is 7280. The smallest absolute Gasteiger partial charge is 0.0780 e. The predicted octanol–water partition coefficient (Wildman–Crippen LogP) is 36.5. The second-order valence-corrected chi connectivity index (χ2v) is 43.7. The largest absolute Gasteiger partial charge is 0.256 e. The SMILES string of the molecule is CC(C)(C)Cc1ccc2c(-c3ccccc3)nccc2c1.Cc1cc(C)cc(-c2ncc(C)c3cc(C4CCCC4)ccc23)c1.Cc1cc(C)cc(-c2ncc(C)c3cc(CC(C)(C)C)ccc23)c1.Cc1cccc(-c2ncc(C)c3cc(C4CCCC4)ccc23)c1.Cc1cccc(-c2ncc(C)c3cc(CC(C)(C)C)ccc23)c1.Cc1cnc(-c2ccccc2)c2ccc(C3CCCC3)cc12. The molecule has 6 heterocycles. The lowest BCUT2D eigenvalue weighted by Gasteiger charge is -2.19. The maximum Gasteiger partial charge on any atom is 0.0780 e. The average molecular weight is 1800 g/mol. The molecule has 21 rings (SSSR count). The molecule has 0 amide bonds. The first-order valence-corrected chi connectivity index (χ1v) is 50.5. The molecule has 696 valence electrons. The van der Waals surface area contributed by atoms with Crippen molar-refractivity contribution < 1.29 is 0 Å². The molecule has 6 aromatic heterocycles. The summed E-state index contributed by atoms with van der Waals surface area (Å²) in [6.07, 6.45) is 31.6. The van der Waals surface area contributed by atoms with Gasteiger partial charge in [0.2, 0.25) is 0 Å². The van der Waals surface area contributed by atoms with Gasteiger partial charge in [-0.15, -0.1) is 0 Å². The minimum atomic E-state index is 0.297. The Morgan fingerprint density at radius 2 is 0.474 bits per heavy atom. The van der Waals surface area contributed by atoms with Gasteiger partial charge in [-0.1, -0.05) is 353 Å². The summed E-state index contributed by atoms with van der Waals surface area (Å²) < 4.78 is 0. The molecule has 6 nitrogen and oxygen atoms in total. The van der Waals surface area contributed by atoms with Crippen molar-refractivity contribution in [2.45, 2.75) is 253 Å². The number of benzene rings is 12. The van der Waals surface area contributed by atoms with E-state index in [2.05, 4.69) is 398 Å². The van der Waals surface area contributed by atoms with E-state index >= 15 is 0 Å². The van der Waals surface area contributed by atoms with E-state index in [1.165, 1.54) is 270 Å². The van der Waals surface area contributed by atoms with Gasteiger partial charge in [0, 0.05) is 103 Å². The molecule has 3 aliphatic rings. The van der Waals surface area contributed by atoms with Crippen LogP contribution in [0.25, 0.3) is 132 Å². The zero-order valence-corrected chi connectivity index (χ0v) is 85.3. The number of nitrogens with zero attached hydrogens (tertiary/aromatic N) is 6. The van der Waals surface area contributed by atoms with Crippen LogP contribution in [0.4, 0.5) is 0 Å². The summed E-state index contributed by atoms with van der Waals surface area (Å²) in [5, 5.41) is 15.5. The van der Waals surface area contributed by atoms with Crippen molar-refractivity contribution in [1.29, 1.82) is 0 Å². The Morgan fingerprint density at radius 1 is 0.212 bits per heavy atom. The highest BCUT2D eigenvalue weighted by atomic mass is 14.7. The van der Waals surface area contributed by atoms with Crippen LogP contribution in [0.3, 0.4) is 0 Å². The van der Waals surface area contributed by atoms with Gasteiger partial charge >= 0.3 is 0 Å². The van der Waals surface area contributed by atoms with Gasteiger partial charge in [0.1, 0.15) is 0 Å². The van der Waals surface area contributed by atoms with Crippen molar-refractivity contribution >= 4 is 64.6 Å². The Balaban J connectivity index is 0.000000119. The summed E-state index contributed by atoms with van der Waals surface area (Å²) in [6, 6.07) is 95.2. The Hall–Kier alpha value is -12.9. The Morgan fingerprint density at radius 3 is 0.788 bits per heavy atom. The van der Waals surface area contributed by atoms with Crippen molar-refractivity contribution in [3.63, 3.8) is 0 Å². The molecule has 18 aromatic rings. The summed E-state index contributed by atoms with van der Waals surface area (Å²) >= 11 is 0. The topological polar surface area (TPSA) is 77.3 Å². The summed E-state index contributed by atoms with van der Waals surface area (Å²) in [7, 11) is 0. The van der Waals surface area contributed by atoms with Gasteiger partial charge < -0.3 is 0 Å². The Labute approximate surface area is 817 Å². The first-order chi connectivity index (χ1) is 65.7. The van der Waals surface area contributed by atoms with Crippen LogP contribution in [0.5, 0.6) is 0 Å². The van der Waals surface area contributed by atoms with Gasteiger partial charge in [-0.2, -0.15) is 0 Å². The van der Waals surface area contributed by atoms with Gasteiger partial charge in [0.05, 0.1) is 34.2 Å². The van der Waals surface area contributed by atoms with Crippen molar-refractivity contribution in [3.8, 4) is 67.5 Å². The van der Waals surface area contributed by atoms with Crippen LogP contribution in [0.1, 0.15) is 252 Å². The van der Waals surface area contributed by atoms with Gasteiger partial charge in [-0.05, 0) is 304 Å². The lowest BCUT2D eigenvalue weighted by molar-refractivity contribution is 0.411. The zero-order chi connectivity index (χ0) is 96.4. The van der Waals surface area contributed by atoms with Gasteiger partial charge in [0.25, 0.3) is 0 Å². The van der Waals surface area contributed by atoms with E-state index in [-0.39, 0.29) is 0 Å². The molecule has 0 atom stereocenters. The molecule has 3 saturated carbocycles. The van der Waals surface area contributed by atoms with Crippen LogP contribution >= 0.6 is 0 Å². The zero-order valence-electron chi connectivity index (χ0n) is 85.3. The van der Waals surface area contributed by atoms with E-state index in [1.807, 2.05) is 43.2 Å². The highest BCUT2D eigenvalue weighted by molar-refractivity contribution is 6.02. The predicted molar refractivity (Wildman–Crippen MR) is 588 cm³/mol. The normalized spacial score (nSPS) is 13.6. The van der Waals surface area contributed by atoms with Crippen molar-refractivity contribution in [2.24, 2.45) is 16.2 Å². The van der Waals surface area contributed by atoms with Crippen LogP contribution < -0.4 is 0 Å². The third-order valence-corrected chi connectivity index (χ3v) is 27.8. The molecular formula is C131H142N6. The summed E-state index contributed by atoms with van der Waals surface area (Å²) in [4.78, 5) is 28.3. The fourth-order valence-corrected chi connectivity index (χ4v) is 21.3. The molecule has 0 spiro atoms. The van der Waals surface area contributed by atoms with Crippen molar-refractivity contribution in [3.05, 3.63) is 393 Å². The van der Waals surface area contributed by atoms with Gasteiger partial charge in [-0.3, -0.25) is 29.9 Å². The number of pyridine rings is 6. The summed E-state index contributed by atoms with van der Waals surface area (Å²) in [5.41, 5.74) is 37.4. The van der Waals surface area contributed by atoms with Gasteiger partial charge in [-0.25, -0.2) is 0 Å². The molecule has 3 aliphatic carbocycles. The fourth-order valence-electron chi connectivity index (χ4n) is 21.3. The monoisotopic (exact) mass is 1800 g/mol. The number of aromatic nitrogens is 6. The van der Waals surface area contributed by atoms with E-state index in [9.17, 15) is 0 Å². The van der Waals surface area contributed by atoms with E-state index in [4.69, 9.17) is 24.9 Å². The lowest BCUT2D eigenvalue weighted by atomic mass is 9.87. The number of hydrogen-bond acceptors (Lipinski definition) is 6. The first-order valence-electron chi connectivity index (χ1n) is 50.5. The third-order valence-electron chi connectivity index (χ3n) is 27.8.